The molecule has 0 amide bonds. The molecule has 60 valence electrons. The van der Waals surface area contributed by atoms with Gasteiger partial charge < -0.3 is 0 Å². The summed E-state index contributed by atoms with van der Waals surface area (Å²) in [6.45, 7) is 0. The Balaban J connectivity index is 2.91. The Hall–Kier alpha value is -0.470. The van der Waals surface area contributed by atoms with Crippen LogP contribution in [0, 0.1) is 0 Å². The lowest BCUT2D eigenvalue weighted by molar-refractivity contribution is 1.50. The van der Waals surface area contributed by atoms with Crippen molar-refractivity contribution in [3.8, 4) is 0 Å². The second-order valence-electron chi connectivity index (χ2n) is 2.62. The second kappa shape index (κ2) is 3.11. The quantitative estimate of drug-likeness (QED) is 0.662. The first-order valence-corrected chi connectivity index (χ1v) is 4.89. The molecular weight excluding hydrogens is 232 g/mol. The van der Waals surface area contributed by atoms with E-state index in [0.29, 0.717) is 0 Å². The van der Waals surface area contributed by atoms with Gasteiger partial charge in [0.15, 0.2) is 0 Å². The van der Waals surface area contributed by atoms with Crippen molar-refractivity contribution in [3.63, 3.8) is 0 Å². The van der Waals surface area contributed by atoms with Crippen LogP contribution in [0.1, 0.15) is 0 Å². The summed E-state index contributed by atoms with van der Waals surface area (Å²) in [6, 6.07) is 12.3. The molecule has 0 bridgehead atoms. The zero-order valence-electron chi connectivity index (χ0n) is 6.29. The van der Waals surface area contributed by atoms with Crippen LogP contribution in [0.25, 0.3) is 10.8 Å². The number of fused-ring (bicyclic) bond motifs is 1. The number of halogens is 1. The van der Waals surface area contributed by atoms with Crippen molar-refractivity contribution in [2.24, 2.45) is 0 Å². The van der Waals surface area contributed by atoms with Gasteiger partial charge in [0.2, 0.25) is 0 Å². The van der Waals surface area contributed by atoms with Gasteiger partial charge in [0.25, 0.3) is 0 Å². The van der Waals surface area contributed by atoms with Crippen LogP contribution in [-0.2, 0) is 0 Å². The third-order valence-electron chi connectivity index (χ3n) is 1.85. The van der Waals surface area contributed by atoms with Crippen molar-refractivity contribution in [2.45, 2.75) is 4.90 Å². The van der Waals surface area contributed by atoms with E-state index in [-0.39, 0.29) is 0 Å². The Bertz CT molecular complexity index is 423. The predicted octanol–water partition coefficient (Wildman–Crippen LogP) is 3.89. The normalized spacial score (nSPS) is 10.5. The molecule has 0 unspecified atom stereocenters. The number of hydrogen-bond donors (Lipinski definition) is 1. The summed E-state index contributed by atoms with van der Waals surface area (Å²) in [4.78, 5) is 1.01. The van der Waals surface area contributed by atoms with E-state index in [1.165, 1.54) is 10.8 Å². The first-order chi connectivity index (χ1) is 5.79. The molecule has 2 aromatic carbocycles. The van der Waals surface area contributed by atoms with Gasteiger partial charge in [0, 0.05) is 9.37 Å². The zero-order chi connectivity index (χ0) is 8.55. The van der Waals surface area contributed by atoms with Crippen LogP contribution >= 0.6 is 28.6 Å². The van der Waals surface area contributed by atoms with Gasteiger partial charge in [0.1, 0.15) is 0 Å². The van der Waals surface area contributed by atoms with Crippen LogP contribution in [0.3, 0.4) is 0 Å². The minimum Gasteiger partial charge on any atom is -0.142 e. The fourth-order valence-electron chi connectivity index (χ4n) is 1.23. The first-order valence-electron chi connectivity index (χ1n) is 3.65. The molecule has 2 rings (SSSR count). The molecule has 0 aliphatic rings. The van der Waals surface area contributed by atoms with Gasteiger partial charge in [-0.2, -0.15) is 0 Å². The maximum Gasteiger partial charge on any atom is 0.0315 e. The summed E-state index contributed by atoms with van der Waals surface area (Å²) in [5.74, 6) is 0. The van der Waals surface area contributed by atoms with Gasteiger partial charge in [-0.15, -0.1) is 12.6 Å². The molecule has 0 saturated heterocycles. The molecule has 0 fully saturated rings. The largest absolute Gasteiger partial charge is 0.142 e. The lowest BCUT2D eigenvalue weighted by Crippen LogP contribution is -1.75. The molecule has 0 atom stereocenters. The van der Waals surface area contributed by atoms with E-state index in [1.54, 1.807) is 0 Å². The maximum absolute atomic E-state index is 4.42. The highest BCUT2D eigenvalue weighted by molar-refractivity contribution is 9.10. The SMILES string of the molecule is Sc1c(Br)ccc2ccccc12. The Morgan fingerprint density at radius 1 is 1.00 bits per heavy atom. The molecule has 0 radical (unpaired) electrons. The fourth-order valence-corrected chi connectivity index (χ4v) is 1.85. The van der Waals surface area contributed by atoms with Crippen molar-refractivity contribution >= 4 is 39.3 Å². The highest BCUT2D eigenvalue weighted by atomic mass is 79.9. The standard InChI is InChI=1S/C10H7BrS/c11-9-6-5-7-3-1-2-4-8(7)10(9)12/h1-6,12H. The molecule has 0 aliphatic carbocycles. The zero-order valence-corrected chi connectivity index (χ0v) is 8.77. The summed E-state index contributed by atoms with van der Waals surface area (Å²) < 4.78 is 1.05. The van der Waals surface area contributed by atoms with E-state index in [1.807, 2.05) is 18.2 Å². The average molecular weight is 239 g/mol. The van der Waals surface area contributed by atoms with E-state index in [0.717, 1.165) is 9.37 Å². The predicted molar refractivity (Wildman–Crippen MR) is 58.9 cm³/mol. The molecule has 12 heavy (non-hydrogen) atoms. The van der Waals surface area contributed by atoms with Gasteiger partial charge in [-0.05, 0) is 32.8 Å². The van der Waals surface area contributed by atoms with E-state index in [4.69, 9.17) is 0 Å². The van der Waals surface area contributed by atoms with Crippen molar-refractivity contribution in [1.82, 2.24) is 0 Å². The number of rotatable bonds is 0. The summed E-state index contributed by atoms with van der Waals surface area (Å²) in [6.07, 6.45) is 0. The molecule has 0 saturated carbocycles. The highest BCUT2D eigenvalue weighted by Crippen LogP contribution is 2.28. The summed E-state index contributed by atoms with van der Waals surface area (Å²) in [7, 11) is 0. The Labute approximate surface area is 85.1 Å². The minimum atomic E-state index is 1.01. The fraction of sp³-hybridized carbons (Fsp3) is 0. The monoisotopic (exact) mass is 238 g/mol. The highest BCUT2D eigenvalue weighted by Gasteiger charge is 1.99. The van der Waals surface area contributed by atoms with Crippen molar-refractivity contribution in [3.05, 3.63) is 40.9 Å². The van der Waals surface area contributed by atoms with Crippen LogP contribution in [0.4, 0.5) is 0 Å². The Kier molecular flexibility index (Phi) is 2.11. The van der Waals surface area contributed by atoms with Crippen LogP contribution < -0.4 is 0 Å². The summed E-state index contributed by atoms with van der Waals surface area (Å²) in [5, 5.41) is 2.42. The minimum absolute atomic E-state index is 1.01. The van der Waals surface area contributed by atoms with Gasteiger partial charge in [0.05, 0.1) is 0 Å². The lowest BCUT2D eigenvalue weighted by Gasteiger charge is -2.02. The van der Waals surface area contributed by atoms with E-state index >= 15 is 0 Å². The van der Waals surface area contributed by atoms with Crippen LogP contribution in [0.15, 0.2) is 45.8 Å². The number of thiol groups is 1. The van der Waals surface area contributed by atoms with E-state index < -0.39 is 0 Å². The van der Waals surface area contributed by atoms with Gasteiger partial charge in [-0.3, -0.25) is 0 Å². The molecule has 0 spiro atoms. The molecule has 0 aliphatic heterocycles. The Morgan fingerprint density at radius 2 is 1.75 bits per heavy atom. The molecule has 0 aromatic heterocycles. The topological polar surface area (TPSA) is 0 Å². The molecule has 2 heteroatoms. The average Bonchev–Trinajstić information content (AvgIpc) is 2.12. The van der Waals surface area contributed by atoms with Crippen molar-refractivity contribution < 1.29 is 0 Å². The van der Waals surface area contributed by atoms with Crippen LogP contribution in [-0.4, -0.2) is 0 Å². The number of benzene rings is 2. The number of hydrogen-bond acceptors (Lipinski definition) is 1. The smallest absolute Gasteiger partial charge is 0.0315 e. The first kappa shape index (κ1) is 8.14. The maximum atomic E-state index is 4.42. The third kappa shape index (κ3) is 1.25. The molecule has 2 aromatic rings. The molecule has 0 N–H and O–H groups in total. The third-order valence-corrected chi connectivity index (χ3v) is 3.30. The van der Waals surface area contributed by atoms with E-state index in [9.17, 15) is 0 Å². The Morgan fingerprint density at radius 3 is 2.58 bits per heavy atom. The van der Waals surface area contributed by atoms with E-state index in [2.05, 4.69) is 46.8 Å². The second-order valence-corrected chi connectivity index (χ2v) is 3.92. The van der Waals surface area contributed by atoms with Gasteiger partial charge in [-0.25, -0.2) is 0 Å². The summed E-state index contributed by atoms with van der Waals surface area (Å²) in [5.41, 5.74) is 0. The molecule has 0 heterocycles. The molecule has 0 nitrogen and oxygen atoms in total. The van der Waals surface area contributed by atoms with Crippen LogP contribution in [0.2, 0.25) is 0 Å². The van der Waals surface area contributed by atoms with Crippen LogP contribution in [0.5, 0.6) is 0 Å². The molecular formula is C10H7BrS. The van der Waals surface area contributed by atoms with Gasteiger partial charge >= 0.3 is 0 Å². The van der Waals surface area contributed by atoms with Gasteiger partial charge in [-0.1, -0.05) is 30.3 Å². The van der Waals surface area contributed by atoms with Crippen molar-refractivity contribution in [2.75, 3.05) is 0 Å². The lowest BCUT2D eigenvalue weighted by atomic mass is 10.1. The summed E-state index contributed by atoms with van der Waals surface area (Å²) >= 11 is 7.86. The van der Waals surface area contributed by atoms with Crippen molar-refractivity contribution in [1.29, 1.82) is 0 Å².